The van der Waals surface area contributed by atoms with E-state index in [0.717, 1.165) is 58.6 Å². The van der Waals surface area contributed by atoms with Crippen molar-refractivity contribution in [3.63, 3.8) is 0 Å². The lowest BCUT2D eigenvalue weighted by molar-refractivity contribution is -0.251. The highest BCUT2D eigenvalue weighted by Gasteiger charge is 2.54. The number of anilines is 1. The first kappa shape index (κ1) is 32.2. The molecule has 1 aromatic carbocycles. The van der Waals surface area contributed by atoms with Gasteiger partial charge >= 0.3 is 23.9 Å². The van der Waals surface area contributed by atoms with Gasteiger partial charge in [0.15, 0.2) is 24.5 Å². The Bertz CT molecular complexity index is 1260. The summed E-state index contributed by atoms with van der Waals surface area (Å²) < 4.78 is 53.6. The van der Waals surface area contributed by atoms with Crippen molar-refractivity contribution in [3.05, 3.63) is 24.3 Å². The predicted octanol–water partition coefficient (Wildman–Crippen LogP) is -0.0526. The van der Waals surface area contributed by atoms with E-state index in [4.69, 9.17) is 23.7 Å². The summed E-state index contributed by atoms with van der Waals surface area (Å²) in [5, 5.41) is 0. The van der Waals surface area contributed by atoms with Gasteiger partial charge in [0, 0.05) is 47.2 Å². The van der Waals surface area contributed by atoms with Crippen LogP contribution in [0.5, 0.6) is 0 Å². The Labute approximate surface area is 230 Å². The summed E-state index contributed by atoms with van der Waals surface area (Å²) in [4.78, 5) is 72.4. The van der Waals surface area contributed by atoms with Crippen LogP contribution in [0.2, 0.25) is 0 Å². The van der Waals surface area contributed by atoms with E-state index in [1.54, 1.807) is 0 Å². The smallest absolute Gasteiger partial charge is 0.303 e. The number of ether oxygens (including phenoxy) is 5. The molecule has 1 aliphatic heterocycles. The zero-order valence-electron chi connectivity index (χ0n) is 22.6. The van der Waals surface area contributed by atoms with Gasteiger partial charge in [-0.3, -0.25) is 33.7 Å². The highest BCUT2D eigenvalue weighted by atomic mass is 32.2. The number of esters is 4. The summed E-state index contributed by atoms with van der Waals surface area (Å²) in [6.07, 6.45) is -7.37. The summed E-state index contributed by atoms with van der Waals surface area (Å²) in [6.45, 7) is 5.94. The van der Waals surface area contributed by atoms with E-state index in [0.29, 0.717) is 0 Å². The summed E-state index contributed by atoms with van der Waals surface area (Å²) in [7, 11) is -4.20. The van der Waals surface area contributed by atoms with Gasteiger partial charge in [0.2, 0.25) is 11.8 Å². The zero-order valence-corrected chi connectivity index (χ0v) is 23.4. The number of benzene rings is 1. The fourth-order valence-corrected chi connectivity index (χ4v) is 4.95. The number of hydrogen-bond acceptors (Lipinski definition) is 13. The lowest BCUT2D eigenvalue weighted by Crippen LogP contribution is -2.67. The molecule has 1 N–H and O–H groups in total. The van der Waals surface area contributed by atoms with Crippen LogP contribution in [-0.4, -0.2) is 81.4 Å². The molecular formula is C24H30N2O13S. The van der Waals surface area contributed by atoms with E-state index in [1.807, 2.05) is 4.72 Å². The summed E-state index contributed by atoms with van der Waals surface area (Å²) in [6, 6.07) is 4.68. The van der Waals surface area contributed by atoms with Crippen molar-refractivity contribution in [1.82, 2.24) is 4.72 Å². The molecule has 0 spiro atoms. The minimum Gasteiger partial charge on any atom is -0.463 e. The zero-order chi connectivity index (χ0) is 30.4. The van der Waals surface area contributed by atoms with Crippen LogP contribution in [0.15, 0.2) is 29.2 Å². The van der Waals surface area contributed by atoms with Crippen LogP contribution < -0.4 is 9.62 Å². The second-order valence-corrected chi connectivity index (χ2v) is 10.3. The molecule has 5 atom stereocenters. The SMILES string of the molecule is CC(=O)NS(=O)(=O)c1ccc(N(C(C)=O)[C@@H]2O[C@H](COC(C)=O)[C@@H](OC(C)=O)[C@H](OC(C)=O)[C@H]2OC(C)=O)cc1. The molecule has 1 saturated heterocycles. The third kappa shape index (κ3) is 8.47. The number of hydrogen-bond donors (Lipinski definition) is 1. The third-order valence-electron chi connectivity index (χ3n) is 5.26. The van der Waals surface area contributed by atoms with E-state index < -0.39 is 83.0 Å². The van der Waals surface area contributed by atoms with E-state index in [9.17, 15) is 37.2 Å². The van der Waals surface area contributed by atoms with Gasteiger partial charge in [0.1, 0.15) is 12.7 Å². The van der Waals surface area contributed by atoms with E-state index in [2.05, 4.69) is 0 Å². The number of carbonyl (C=O) groups is 6. The molecular weight excluding hydrogens is 556 g/mol. The highest BCUT2D eigenvalue weighted by molar-refractivity contribution is 7.90. The van der Waals surface area contributed by atoms with Gasteiger partial charge in [-0.2, -0.15) is 0 Å². The maximum absolute atomic E-state index is 12.9. The van der Waals surface area contributed by atoms with Crippen LogP contribution in [0.1, 0.15) is 41.5 Å². The quantitative estimate of drug-likeness (QED) is 0.299. The molecule has 0 aromatic heterocycles. The van der Waals surface area contributed by atoms with E-state index >= 15 is 0 Å². The average molecular weight is 587 g/mol. The molecule has 1 aliphatic rings. The first-order valence-electron chi connectivity index (χ1n) is 11.8. The lowest BCUT2D eigenvalue weighted by Gasteiger charge is -2.47. The minimum atomic E-state index is -4.20. The number of sulfonamides is 1. The molecule has 0 bridgehead atoms. The van der Waals surface area contributed by atoms with Gasteiger partial charge in [0.25, 0.3) is 10.0 Å². The van der Waals surface area contributed by atoms with Crippen molar-refractivity contribution in [2.24, 2.45) is 0 Å². The van der Waals surface area contributed by atoms with Crippen molar-refractivity contribution in [2.45, 2.75) is 77.1 Å². The Balaban J connectivity index is 2.66. The van der Waals surface area contributed by atoms with E-state index in [-0.39, 0.29) is 10.6 Å². The van der Waals surface area contributed by atoms with E-state index in [1.165, 1.54) is 12.1 Å². The van der Waals surface area contributed by atoms with Gasteiger partial charge < -0.3 is 23.7 Å². The number of carbonyl (C=O) groups excluding carboxylic acids is 6. The maximum Gasteiger partial charge on any atom is 0.303 e. The first-order chi connectivity index (χ1) is 18.5. The second-order valence-electron chi connectivity index (χ2n) is 8.63. The van der Waals surface area contributed by atoms with Gasteiger partial charge in [-0.15, -0.1) is 0 Å². The molecule has 0 radical (unpaired) electrons. The number of amides is 2. The van der Waals surface area contributed by atoms with Crippen molar-refractivity contribution < 1.29 is 60.9 Å². The third-order valence-corrected chi connectivity index (χ3v) is 6.71. The van der Waals surface area contributed by atoms with Gasteiger partial charge in [-0.05, 0) is 24.3 Å². The Kier molecular flexibility index (Phi) is 10.7. The van der Waals surface area contributed by atoms with Crippen LogP contribution in [0.4, 0.5) is 5.69 Å². The maximum atomic E-state index is 12.9. The Morgan fingerprint density at radius 2 is 1.27 bits per heavy atom. The molecule has 0 aliphatic carbocycles. The summed E-state index contributed by atoms with van der Waals surface area (Å²) in [5.74, 6) is -4.75. The van der Waals surface area contributed by atoms with Crippen molar-refractivity contribution >= 4 is 51.4 Å². The molecule has 40 heavy (non-hydrogen) atoms. The molecule has 0 unspecified atom stereocenters. The topological polar surface area (TPSA) is 198 Å². The van der Waals surface area contributed by atoms with Gasteiger partial charge in [0.05, 0.1) is 4.90 Å². The fraction of sp³-hybridized carbons (Fsp3) is 0.500. The predicted molar refractivity (Wildman–Crippen MR) is 133 cm³/mol. The summed E-state index contributed by atoms with van der Waals surface area (Å²) in [5.41, 5.74) is 0.0511. The van der Waals surface area contributed by atoms with Gasteiger partial charge in [-0.25, -0.2) is 13.1 Å². The van der Waals surface area contributed by atoms with Crippen LogP contribution in [0.3, 0.4) is 0 Å². The first-order valence-corrected chi connectivity index (χ1v) is 13.3. The summed E-state index contributed by atoms with van der Waals surface area (Å²) >= 11 is 0. The molecule has 0 saturated carbocycles. The van der Waals surface area contributed by atoms with Crippen molar-refractivity contribution in [3.8, 4) is 0 Å². The fourth-order valence-electron chi connectivity index (χ4n) is 3.96. The van der Waals surface area contributed by atoms with Crippen LogP contribution in [-0.2, 0) is 62.5 Å². The molecule has 2 rings (SSSR count). The molecule has 220 valence electrons. The number of nitrogens with zero attached hydrogens (tertiary/aromatic N) is 1. The largest absolute Gasteiger partial charge is 0.463 e. The molecule has 2 amide bonds. The second kappa shape index (κ2) is 13.3. The average Bonchev–Trinajstić information content (AvgIpc) is 2.80. The minimum absolute atomic E-state index is 0.0511. The molecule has 1 heterocycles. The highest BCUT2D eigenvalue weighted by Crippen LogP contribution is 2.33. The monoisotopic (exact) mass is 586 g/mol. The van der Waals surface area contributed by atoms with Crippen LogP contribution >= 0.6 is 0 Å². The molecule has 1 fully saturated rings. The number of rotatable bonds is 9. The standard InChI is InChI=1S/C24H30N2O13S/c1-12(27)25-40(33,34)19-9-7-18(8-10-19)26(13(2)28)24-23(38-17(6)32)22(37-16(5)31)21(36-15(4)30)20(39-24)11-35-14(3)29/h7-10,20-24H,11H2,1-6H3,(H,25,27)/t20-,21-,22+,23-,24-/m1/s1. The van der Waals surface area contributed by atoms with Crippen LogP contribution in [0.25, 0.3) is 0 Å². The molecule has 16 heteroatoms. The van der Waals surface area contributed by atoms with Gasteiger partial charge in [-0.1, -0.05) is 0 Å². The van der Waals surface area contributed by atoms with Crippen molar-refractivity contribution in [1.29, 1.82) is 0 Å². The van der Waals surface area contributed by atoms with Crippen LogP contribution in [0, 0.1) is 0 Å². The normalized spacial score (nSPS) is 22.3. The number of nitrogens with one attached hydrogen (secondary N) is 1. The Morgan fingerprint density at radius 3 is 1.73 bits per heavy atom. The Morgan fingerprint density at radius 1 is 0.775 bits per heavy atom. The molecule has 1 aromatic rings. The van der Waals surface area contributed by atoms with Crippen molar-refractivity contribution in [2.75, 3.05) is 11.5 Å². The lowest BCUT2D eigenvalue weighted by atomic mass is 9.96. The molecule has 15 nitrogen and oxygen atoms in total. The Hall–Kier alpha value is -4.05.